The Morgan fingerprint density at radius 3 is 2.10 bits per heavy atom. The monoisotopic (exact) mass is 496 g/mol. The summed E-state index contributed by atoms with van der Waals surface area (Å²) < 4.78 is 27.8. The highest BCUT2D eigenvalue weighted by Gasteiger charge is 2.28. The van der Waals surface area contributed by atoms with Crippen LogP contribution in [0, 0.1) is 13.8 Å². The molecule has 31 heavy (non-hydrogen) atoms. The first-order valence-electron chi connectivity index (χ1n) is 9.19. The van der Waals surface area contributed by atoms with Crippen LogP contribution in [-0.2, 0) is 14.8 Å². The van der Waals surface area contributed by atoms with Gasteiger partial charge in [0.1, 0.15) is 6.54 Å². The van der Waals surface area contributed by atoms with Gasteiger partial charge in [-0.15, -0.1) is 0 Å². The number of aryl methyl sites for hydroxylation is 2. The van der Waals surface area contributed by atoms with Gasteiger partial charge in [0.2, 0.25) is 5.91 Å². The minimum absolute atomic E-state index is 0.0540. The molecule has 0 aliphatic rings. The second kappa shape index (κ2) is 9.49. The highest BCUT2D eigenvalue weighted by molar-refractivity contribution is 7.92. The van der Waals surface area contributed by atoms with Crippen LogP contribution in [0.1, 0.15) is 11.1 Å². The molecule has 0 spiro atoms. The van der Waals surface area contributed by atoms with Crippen LogP contribution in [0.25, 0.3) is 0 Å². The minimum atomic E-state index is -4.06. The molecule has 0 saturated carbocycles. The molecular weight excluding hydrogens is 479 g/mol. The van der Waals surface area contributed by atoms with Crippen LogP contribution < -0.4 is 9.62 Å². The number of para-hydroxylation sites is 1. The van der Waals surface area contributed by atoms with Crippen LogP contribution in [0.15, 0.2) is 65.6 Å². The number of nitrogens with zero attached hydrogens (tertiary/aromatic N) is 1. The molecule has 0 heterocycles. The maximum absolute atomic E-state index is 13.4. The van der Waals surface area contributed by atoms with Gasteiger partial charge in [0.25, 0.3) is 10.0 Å². The second-order valence-electron chi connectivity index (χ2n) is 6.90. The van der Waals surface area contributed by atoms with E-state index in [0.717, 1.165) is 15.4 Å². The fourth-order valence-corrected chi connectivity index (χ4v) is 4.90. The Morgan fingerprint density at radius 2 is 1.52 bits per heavy atom. The molecule has 0 unspecified atom stereocenters. The number of rotatable bonds is 6. The van der Waals surface area contributed by atoms with Gasteiger partial charge >= 0.3 is 0 Å². The number of hydrogen-bond acceptors (Lipinski definition) is 3. The van der Waals surface area contributed by atoms with Gasteiger partial charge in [-0.2, -0.15) is 0 Å². The summed E-state index contributed by atoms with van der Waals surface area (Å²) in [6.45, 7) is 3.16. The highest BCUT2D eigenvalue weighted by atomic mass is 35.5. The Morgan fingerprint density at radius 1 is 0.903 bits per heavy atom. The zero-order valence-electron chi connectivity index (χ0n) is 16.7. The summed E-state index contributed by atoms with van der Waals surface area (Å²) >= 11 is 18.5. The third-order valence-corrected chi connectivity index (χ3v) is 7.39. The molecule has 0 bridgehead atoms. The van der Waals surface area contributed by atoms with Crippen molar-refractivity contribution in [3.63, 3.8) is 0 Å². The molecule has 162 valence electrons. The molecule has 3 aromatic carbocycles. The normalized spacial score (nSPS) is 11.3. The molecular formula is C22H19Cl3N2O3S. The number of anilines is 2. The maximum Gasteiger partial charge on any atom is 0.264 e. The minimum Gasteiger partial charge on any atom is -0.322 e. The first-order chi connectivity index (χ1) is 14.6. The van der Waals surface area contributed by atoms with Gasteiger partial charge < -0.3 is 5.32 Å². The van der Waals surface area contributed by atoms with Crippen molar-refractivity contribution in [2.75, 3.05) is 16.2 Å². The van der Waals surface area contributed by atoms with E-state index < -0.39 is 22.5 Å². The van der Waals surface area contributed by atoms with Crippen molar-refractivity contribution in [2.45, 2.75) is 18.7 Å². The highest BCUT2D eigenvalue weighted by Crippen LogP contribution is 2.31. The predicted octanol–water partition coefficient (Wildman–Crippen LogP) is 6.10. The average Bonchev–Trinajstić information content (AvgIpc) is 2.71. The lowest BCUT2D eigenvalue weighted by Gasteiger charge is -2.25. The molecule has 9 heteroatoms. The van der Waals surface area contributed by atoms with Crippen molar-refractivity contribution in [2.24, 2.45) is 0 Å². The number of nitrogens with one attached hydrogen (secondary N) is 1. The van der Waals surface area contributed by atoms with E-state index in [-0.39, 0.29) is 26.3 Å². The van der Waals surface area contributed by atoms with Gasteiger partial charge in [0.05, 0.1) is 26.3 Å². The molecule has 0 aliphatic heterocycles. The quantitative estimate of drug-likeness (QED) is 0.447. The third kappa shape index (κ3) is 5.33. The molecule has 0 aliphatic carbocycles. The Kier molecular flexibility index (Phi) is 7.17. The van der Waals surface area contributed by atoms with Crippen molar-refractivity contribution < 1.29 is 13.2 Å². The Balaban J connectivity index is 2.00. The summed E-state index contributed by atoms with van der Waals surface area (Å²) in [5.41, 5.74) is 2.17. The van der Waals surface area contributed by atoms with Crippen molar-refractivity contribution in [1.29, 1.82) is 0 Å². The van der Waals surface area contributed by atoms with Crippen LogP contribution in [0.3, 0.4) is 0 Å². The number of benzene rings is 3. The van der Waals surface area contributed by atoms with Gasteiger partial charge in [0.15, 0.2) is 0 Å². The van der Waals surface area contributed by atoms with Gasteiger partial charge in [-0.25, -0.2) is 8.42 Å². The fourth-order valence-electron chi connectivity index (χ4n) is 2.82. The number of carbonyl (C=O) groups excluding carboxylic acids is 1. The Hall–Kier alpha value is -2.25. The smallest absolute Gasteiger partial charge is 0.264 e. The van der Waals surface area contributed by atoms with E-state index in [9.17, 15) is 13.2 Å². The largest absolute Gasteiger partial charge is 0.322 e. The Labute approximate surface area is 196 Å². The van der Waals surface area contributed by atoms with Crippen molar-refractivity contribution in [3.05, 3.63) is 86.9 Å². The lowest BCUT2D eigenvalue weighted by atomic mass is 10.2. The van der Waals surface area contributed by atoms with E-state index in [2.05, 4.69) is 5.32 Å². The molecule has 1 amide bonds. The lowest BCUT2D eigenvalue weighted by Crippen LogP contribution is -2.38. The van der Waals surface area contributed by atoms with E-state index in [1.54, 1.807) is 49.4 Å². The molecule has 0 aromatic heterocycles. The number of sulfonamides is 1. The van der Waals surface area contributed by atoms with Crippen molar-refractivity contribution in [1.82, 2.24) is 0 Å². The van der Waals surface area contributed by atoms with Crippen molar-refractivity contribution in [3.8, 4) is 0 Å². The molecule has 1 N–H and O–H groups in total. The summed E-state index contributed by atoms with van der Waals surface area (Å²) in [6.07, 6.45) is 0. The summed E-state index contributed by atoms with van der Waals surface area (Å²) in [7, 11) is -4.06. The molecule has 3 rings (SSSR count). The van der Waals surface area contributed by atoms with Crippen molar-refractivity contribution >= 4 is 62.1 Å². The molecule has 0 radical (unpaired) electrons. The zero-order chi connectivity index (χ0) is 22.8. The first-order valence-corrected chi connectivity index (χ1v) is 11.8. The van der Waals surface area contributed by atoms with Gasteiger partial charge in [-0.05, 0) is 55.8 Å². The molecule has 0 saturated heterocycles. The second-order valence-corrected chi connectivity index (χ2v) is 9.99. The van der Waals surface area contributed by atoms with E-state index in [0.29, 0.717) is 5.02 Å². The number of halogens is 3. The van der Waals surface area contributed by atoms with Gasteiger partial charge in [-0.1, -0.05) is 64.6 Å². The standard InChI is InChI=1S/C22H19Cl3N2O3S/c1-14-6-10-17(11-7-14)31(29,30)27(16-9-8-15(2)20(25)12-16)13-21(28)26-22-18(23)4-3-5-19(22)24/h3-12H,13H2,1-2H3,(H,26,28). The number of carbonyl (C=O) groups is 1. The molecule has 5 nitrogen and oxygen atoms in total. The van der Waals surface area contributed by atoms with Gasteiger partial charge in [-0.3, -0.25) is 9.10 Å². The third-order valence-electron chi connectivity index (χ3n) is 4.57. The average molecular weight is 498 g/mol. The van der Waals surface area contributed by atoms with Gasteiger partial charge in [0, 0.05) is 5.02 Å². The first kappa shape index (κ1) is 23.4. The number of hydrogen-bond donors (Lipinski definition) is 1. The molecule has 0 atom stereocenters. The van der Waals surface area contributed by atoms with E-state index >= 15 is 0 Å². The van der Waals surface area contributed by atoms with E-state index in [4.69, 9.17) is 34.8 Å². The lowest BCUT2D eigenvalue weighted by molar-refractivity contribution is -0.114. The molecule has 0 fully saturated rings. The zero-order valence-corrected chi connectivity index (χ0v) is 19.8. The summed E-state index contributed by atoms with van der Waals surface area (Å²) in [5, 5.41) is 3.47. The maximum atomic E-state index is 13.4. The topological polar surface area (TPSA) is 66.5 Å². The number of amides is 1. The summed E-state index contributed by atoms with van der Waals surface area (Å²) in [6, 6.07) is 16.0. The van der Waals surface area contributed by atoms with Crippen LogP contribution >= 0.6 is 34.8 Å². The molecule has 3 aromatic rings. The van der Waals surface area contributed by atoms with E-state index in [1.807, 2.05) is 6.92 Å². The fraction of sp³-hybridized carbons (Fsp3) is 0.136. The predicted molar refractivity (Wildman–Crippen MR) is 127 cm³/mol. The summed E-state index contributed by atoms with van der Waals surface area (Å²) in [5.74, 6) is -0.609. The van der Waals surface area contributed by atoms with E-state index in [1.165, 1.54) is 18.2 Å². The SMILES string of the molecule is Cc1ccc(S(=O)(=O)N(CC(=O)Nc2c(Cl)cccc2Cl)c2ccc(C)c(Cl)c2)cc1. The Bertz CT molecular complexity index is 1210. The summed E-state index contributed by atoms with van der Waals surface area (Å²) in [4.78, 5) is 12.9. The van der Waals surface area contributed by atoms with Crippen LogP contribution in [0.2, 0.25) is 15.1 Å². The van der Waals surface area contributed by atoms with Crippen LogP contribution in [0.4, 0.5) is 11.4 Å². The van der Waals surface area contributed by atoms with Crippen LogP contribution in [0.5, 0.6) is 0 Å². The van der Waals surface area contributed by atoms with Crippen LogP contribution in [-0.4, -0.2) is 20.9 Å².